The van der Waals surface area contributed by atoms with Gasteiger partial charge in [0, 0.05) is 12.2 Å². The topological polar surface area (TPSA) is 79.4 Å². The highest BCUT2D eigenvalue weighted by Gasteiger charge is 2.06. The average molecular weight is 250 g/mol. The smallest absolute Gasteiger partial charge is 0.223 e. The largest absolute Gasteiger partial charge is 0.354 e. The Morgan fingerprint density at radius 3 is 2.76 bits per heavy atom. The summed E-state index contributed by atoms with van der Waals surface area (Å²) in [6.07, 6.45) is 0. The molecule has 0 amide bonds. The van der Waals surface area contributed by atoms with Crippen molar-refractivity contribution in [3.8, 4) is 0 Å². The Labute approximate surface area is 104 Å². The van der Waals surface area contributed by atoms with Crippen molar-refractivity contribution in [1.82, 2.24) is 25.1 Å². The van der Waals surface area contributed by atoms with Gasteiger partial charge in [-0.15, -0.1) is 5.10 Å². The van der Waals surface area contributed by atoms with Crippen molar-refractivity contribution in [2.75, 3.05) is 11.9 Å². The molecule has 0 aliphatic heterocycles. The third kappa shape index (κ3) is 3.16. The fraction of sp³-hybridized carbons (Fsp3) is 0.400. The number of nitrogens with zero attached hydrogens (tertiary/aromatic N) is 4. The summed E-state index contributed by atoms with van der Waals surface area (Å²) in [6, 6.07) is 1.91. The Bertz CT molecular complexity index is 509. The lowest BCUT2D eigenvalue weighted by molar-refractivity contribution is 0.951. The quantitative estimate of drug-likeness (QED) is 0.805. The molecule has 0 aromatic carbocycles. The lowest BCUT2D eigenvalue weighted by atomic mass is 10.5. The molecule has 7 heteroatoms. The highest BCUT2D eigenvalue weighted by atomic mass is 32.2. The summed E-state index contributed by atoms with van der Waals surface area (Å²) in [7, 11) is 0. The number of anilines is 1. The molecule has 0 saturated heterocycles. The molecule has 6 nitrogen and oxygen atoms in total. The third-order valence-electron chi connectivity index (χ3n) is 1.94. The molecule has 2 aromatic heterocycles. The molecular formula is C10H14N6S. The number of aryl methyl sites for hydroxylation is 2. The molecule has 0 saturated carbocycles. The molecule has 0 atom stereocenters. The van der Waals surface area contributed by atoms with Gasteiger partial charge in [0.1, 0.15) is 10.9 Å². The zero-order valence-electron chi connectivity index (χ0n) is 9.98. The lowest BCUT2D eigenvalue weighted by Gasteiger charge is -2.04. The summed E-state index contributed by atoms with van der Waals surface area (Å²) in [6.45, 7) is 6.62. The highest BCUT2D eigenvalue weighted by Crippen LogP contribution is 2.23. The Morgan fingerprint density at radius 1 is 1.29 bits per heavy atom. The molecule has 0 unspecified atom stereocenters. The first-order valence-electron chi connectivity index (χ1n) is 5.34. The molecule has 0 aliphatic carbocycles. The minimum atomic E-state index is 0.641. The summed E-state index contributed by atoms with van der Waals surface area (Å²) in [5.41, 5.74) is 0.922. The van der Waals surface area contributed by atoms with Crippen LogP contribution in [0, 0.1) is 13.8 Å². The molecule has 2 aromatic rings. The van der Waals surface area contributed by atoms with E-state index >= 15 is 0 Å². The van der Waals surface area contributed by atoms with Crippen LogP contribution in [0.15, 0.2) is 16.2 Å². The van der Waals surface area contributed by atoms with E-state index in [9.17, 15) is 0 Å². The first-order valence-corrected chi connectivity index (χ1v) is 6.15. The number of H-pyrrole nitrogens is 1. The van der Waals surface area contributed by atoms with E-state index in [1.54, 1.807) is 0 Å². The van der Waals surface area contributed by atoms with Gasteiger partial charge in [-0.2, -0.15) is 0 Å². The molecule has 90 valence electrons. The number of aromatic nitrogens is 5. The molecular weight excluding hydrogens is 236 g/mol. The predicted molar refractivity (Wildman–Crippen MR) is 66.2 cm³/mol. The molecule has 0 spiro atoms. The zero-order valence-corrected chi connectivity index (χ0v) is 10.8. The summed E-state index contributed by atoms with van der Waals surface area (Å²) in [5.74, 6) is 1.44. The lowest BCUT2D eigenvalue weighted by Crippen LogP contribution is -2.03. The average Bonchev–Trinajstić information content (AvgIpc) is 2.63. The van der Waals surface area contributed by atoms with Crippen LogP contribution in [0.1, 0.15) is 18.4 Å². The van der Waals surface area contributed by atoms with Gasteiger partial charge in [-0.05, 0) is 38.6 Å². The monoisotopic (exact) mass is 250 g/mol. The third-order valence-corrected chi connectivity index (χ3v) is 2.72. The van der Waals surface area contributed by atoms with Crippen LogP contribution in [-0.4, -0.2) is 31.7 Å². The fourth-order valence-electron chi connectivity index (χ4n) is 1.29. The van der Waals surface area contributed by atoms with Crippen molar-refractivity contribution in [1.29, 1.82) is 0 Å². The summed E-state index contributed by atoms with van der Waals surface area (Å²) < 4.78 is 0. The van der Waals surface area contributed by atoms with Crippen LogP contribution in [-0.2, 0) is 0 Å². The molecule has 0 bridgehead atoms. The zero-order chi connectivity index (χ0) is 12.3. The Morgan fingerprint density at radius 2 is 2.12 bits per heavy atom. The van der Waals surface area contributed by atoms with Crippen LogP contribution in [0.2, 0.25) is 0 Å². The van der Waals surface area contributed by atoms with Crippen molar-refractivity contribution in [3.63, 3.8) is 0 Å². The summed E-state index contributed by atoms with van der Waals surface area (Å²) >= 11 is 1.42. The van der Waals surface area contributed by atoms with Gasteiger partial charge >= 0.3 is 0 Å². The summed E-state index contributed by atoms with van der Waals surface area (Å²) in [5, 5.41) is 11.5. The van der Waals surface area contributed by atoms with Gasteiger partial charge in [0.2, 0.25) is 11.1 Å². The van der Waals surface area contributed by atoms with Crippen molar-refractivity contribution < 1.29 is 0 Å². The number of nitrogens with one attached hydrogen (secondary N) is 2. The van der Waals surface area contributed by atoms with Crippen LogP contribution in [0.5, 0.6) is 0 Å². The van der Waals surface area contributed by atoms with E-state index < -0.39 is 0 Å². The molecule has 0 aliphatic rings. The van der Waals surface area contributed by atoms with Crippen LogP contribution >= 0.6 is 11.8 Å². The molecule has 17 heavy (non-hydrogen) atoms. The van der Waals surface area contributed by atoms with Gasteiger partial charge in [0.05, 0.1) is 0 Å². The first-order chi connectivity index (χ1) is 8.17. The van der Waals surface area contributed by atoms with Crippen molar-refractivity contribution >= 4 is 17.7 Å². The van der Waals surface area contributed by atoms with Crippen molar-refractivity contribution in [2.24, 2.45) is 0 Å². The fourth-order valence-corrected chi connectivity index (χ4v) is 2.11. The van der Waals surface area contributed by atoms with Gasteiger partial charge in [0.25, 0.3) is 0 Å². The van der Waals surface area contributed by atoms with Crippen LogP contribution < -0.4 is 5.32 Å². The molecule has 0 radical (unpaired) electrons. The predicted octanol–water partition coefficient (Wildman–Crippen LogP) is 1.79. The van der Waals surface area contributed by atoms with E-state index in [2.05, 4.69) is 30.5 Å². The minimum Gasteiger partial charge on any atom is -0.354 e. The number of hydrogen-bond acceptors (Lipinski definition) is 6. The van der Waals surface area contributed by atoms with E-state index in [1.807, 2.05) is 26.8 Å². The van der Waals surface area contributed by atoms with E-state index in [0.29, 0.717) is 11.1 Å². The first kappa shape index (κ1) is 11.8. The maximum absolute atomic E-state index is 4.37. The van der Waals surface area contributed by atoms with E-state index in [-0.39, 0.29) is 0 Å². The van der Waals surface area contributed by atoms with Crippen LogP contribution in [0.4, 0.5) is 5.95 Å². The van der Waals surface area contributed by atoms with Crippen molar-refractivity contribution in [2.45, 2.75) is 31.0 Å². The molecule has 2 N–H and O–H groups in total. The highest BCUT2D eigenvalue weighted by molar-refractivity contribution is 7.99. The summed E-state index contributed by atoms with van der Waals surface area (Å²) in [4.78, 5) is 12.9. The van der Waals surface area contributed by atoms with E-state index in [0.717, 1.165) is 23.1 Å². The maximum atomic E-state index is 4.37. The second kappa shape index (κ2) is 5.13. The van der Waals surface area contributed by atoms with E-state index in [4.69, 9.17) is 0 Å². The van der Waals surface area contributed by atoms with Crippen LogP contribution in [0.25, 0.3) is 0 Å². The molecule has 2 heterocycles. The standard InChI is InChI=1S/C10H14N6S/c1-4-11-9-12-6(2)5-8(14-9)17-10-13-7(3)15-16-10/h5H,4H2,1-3H3,(H,11,12,14)(H,13,15,16). The van der Waals surface area contributed by atoms with Gasteiger partial charge in [-0.3, -0.25) is 5.10 Å². The van der Waals surface area contributed by atoms with Gasteiger partial charge < -0.3 is 5.32 Å². The van der Waals surface area contributed by atoms with Crippen molar-refractivity contribution in [3.05, 3.63) is 17.6 Å². The van der Waals surface area contributed by atoms with Gasteiger partial charge in [0.15, 0.2) is 0 Å². The molecule has 2 rings (SSSR count). The Hall–Kier alpha value is -1.63. The number of aromatic amines is 1. The van der Waals surface area contributed by atoms with Gasteiger partial charge in [-0.25, -0.2) is 15.0 Å². The second-order valence-corrected chi connectivity index (χ2v) is 4.49. The molecule has 0 fully saturated rings. The van der Waals surface area contributed by atoms with Gasteiger partial charge in [-0.1, -0.05) is 0 Å². The Balaban J connectivity index is 2.20. The maximum Gasteiger partial charge on any atom is 0.223 e. The Kier molecular flexibility index (Phi) is 3.58. The normalized spacial score (nSPS) is 10.5. The number of rotatable bonds is 4. The number of hydrogen-bond donors (Lipinski definition) is 2. The SMILES string of the molecule is CCNc1nc(C)cc(Sc2n[nH]c(C)n2)n1. The minimum absolute atomic E-state index is 0.641. The van der Waals surface area contributed by atoms with E-state index in [1.165, 1.54) is 11.8 Å². The van der Waals surface area contributed by atoms with Crippen LogP contribution in [0.3, 0.4) is 0 Å². The second-order valence-electron chi connectivity index (χ2n) is 3.51.